The SMILES string of the molecule is C[C@H](C(=O)NCc1ccccc1)[NH+]1CCN(S(=O)(=O)c2ccccc2C#N)CC1. The minimum atomic E-state index is -3.72. The van der Waals surface area contributed by atoms with Gasteiger partial charge >= 0.3 is 0 Å². The Morgan fingerprint density at radius 3 is 2.41 bits per heavy atom. The van der Waals surface area contributed by atoms with Crippen molar-refractivity contribution in [3.05, 3.63) is 65.7 Å². The van der Waals surface area contributed by atoms with E-state index in [-0.39, 0.29) is 22.4 Å². The first-order valence-electron chi connectivity index (χ1n) is 9.59. The second-order valence-electron chi connectivity index (χ2n) is 7.10. The number of rotatable bonds is 6. The Balaban J connectivity index is 1.58. The maximum absolute atomic E-state index is 12.9. The molecule has 0 unspecified atom stereocenters. The number of quaternary nitrogens is 1. The number of carbonyl (C=O) groups excluding carboxylic acids is 1. The maximum Gasteiger partial charge on any atom is 0.278 e. The Labute approximate surface area is 171 Å². The highest BCUT2D eigenvalue weighted by Gasteiger charge is 2.35. The Bertz CT molecular complexity index is 994. The third-order valence-electron chi connectivity index (χ3n) is 5.31. The summed E-state index contributed by atoms with van der Waals surface area (Å²) in [5, 5.41) is 12.2. The predicted molar refractivity (Wildman–Crippen MR) is 108 cm³/mol. The Kier molecular flexibility index (Phi) is 6.64. The molecular weight excluding hydrogens is 388 g/mol. The molecule has 0 aromatic heterocycles. The predicted octanol–water partition coefficient (Wildman–Crippen LogP) is 0.152. The highest BCUT2D eigenvalue weighted by atomic mass is 32.2. The van der Waals surface area contributed by atoms with Gasteiger partial charge in [-0.2, -0.15) is 9.57 Å². The Morgan fingerprint density at radius 1 is 1.14 bits per heavy atom. The number of piperazine rings is 1. The lowest BCUT2D eigenvalue weighted by Gasteiger charge is -2.34. The summed E-state index contributed by atoms with van der Waals surface area (Å²) in [7, 11) is -3.72. The Hall–Kier alpha value is -2.73. The van der Waals surface area contributed by atoms with E-state index in [1.165, 1.54) is 16.4 Å². The van der Waals surface area contributed by atoms with Crippen molar-refractivity contribution in [1.29, 1.82) is 5.26 Å². The molecule has 3 rings (SSSR count). The minimum absolute atomic E-state index is 0.0413. The number of nitriles is 1. The van der Waals surface area contributed by atoms with Crippen molar-refractivity contribution < 1.29 is 18.1 Å². The van der Waals surface area contributed by atoms with Gasteiger partial charge in [-0.25, -0.2) is 8.42 Å². The molecule has 2 aromatic rings. The summed E-state index contributed by atoms with van der Waals surface area (Å²) in [6, 6.07) is 17.6. The largest absolute Gasteiger partial charge is 0.347 e. The van der Waals surface area contributed by atoms with Crippen molar-refractivity contribution in [2.75, 3.05) is 26.2 Å². The lowest BCUT2D eigenvalue weighted by molar-refractivity contribution is -0.917. The van der Waals surface area contributed by atoms with Crippen molar-refractivity contribution in [3.8, 4) is 6.07 Å². The third kappa shape index (κ3) is 4.82. The average Bonchev–Trinajstić information content (AvgIpc) is 2.77. The van der Waals surface area contributed by atoms with Crippen LogP contribution in [0, 0.1) is 11.3 Å². The molecule has 0 bridgehead atoms. The van der Waals surface area contributed by atoms with Crippen LogP contribution in [0.1, 0.15) is 18.1 Å². The van der Waals surface area contributed by atoms with E-state index in [0.717, 1.165) is 10.5 Å². The van der Waals surface area contributed by atoms with E-state index in [1.54, 1.807) is 12.1 Å². The molecule has 0 aliphatic carbocycles. The minimum Gasteiger partial charge on any atom is -0.347 e. The normalized spacial score (nSPS) is 16.7. The van der Waals surface area contributed by atoms with Gasteiger partial charge in [0, 0.05) is 6.54 Å². The van der Waals surface area contributed by atoms with Crippen LogP contribution in [0.2, 0.25) is 0 Å². The molecule has 1 atom stereocenters. The number of hydrogen-bond donors (Lipinski definition) is 2. The maximum atomic E-state index is 12.9. The second-order valence-corrected chi connectivity index (χ2v) is 9.00. The molecule has 8 heteroatoms. The molecule has 0 spiro atoms. The van der Waals surface area contributed by atoms with E-state index in [9.17, 15) is 18.5 Å². The van der Waals surface area contributed by atoms with Crippen molar-refractivity contribution >= 4 is 15.9 Å². The van der Waals surface area contributed by atoms with E-state index < -0.39 is 10.0 Å². The van der Waals surface area contributed by atoms with E-state index in [2.05, 4.69) is 5.32 Å². The number of sulfonamides is 1. The molecule has 1 aliphatic heterocycles. The lowest BCUT2D eigenvalue weighted by Crippen LogP contribution is -3.19. The van der Waals surface area contributed by atoms with Gasteiger partial charge in [0.1, 0.15) is 6.07 Å². The molecule has 29 heavy (non-hydrogen) atoms. The van der Waals surface area contributed by atoms with Crippen molar-refractivity contribution in [3.63, 3.8) is 0 Å². The smallest absolute Gasteiger partial charge is 0.278 e. The van der Waals surface area contributed by atoms with Crippen LogP contribution in [-0.2, 0) is 21.4 Å². The van der Waals surface area contributed by atoms with Gasteiger partial charge in [-0.05, 0) is 24.6 Å². The summed E-state index contributed by atoms with van der Waals surface area (Å²) in [6.07, 6.45) is 0. The standard InChI is InChI=1S/C21H24N4O3S/c1-17(21(26)23-16-18-7-3-2-4-8-18)24-11-13-25(14-12-24)29(27,28)20-10-6-5-9-19(20)15-22/h2-10,17H,11-14,16H2,1H3,(H,23,26)/p+1/t17-/m1/s1. The first kappa shape index (κ1) is 21.0. The van der Waals surface area contributed by atoms with Gasteiger partial charge in [-0.3, -0.25) is 4.79 Å². The van der Waals surface area contributed by atoms with Gasteiger partial charge in [-0.1, -0.05) is 42.5 Å². The van der Waals surface area contributed by atoms with Crippen LogP contribution >= 0.6 is 0 Å². The summed E-state index contributed by atoms with van der Waals surface area (Å²) < 4.78 is 27.3. The number of nitrogens with one attached hydrogen (secondary N) is 2. The van der Waals surface area contributed by atoms with Crippen LogP contribution in [-0.4, -0.2) is 50.9 Å². The zero-order valence-electron chi connectivity index (χ0n) is 16.3. The number of hydrogen-bond acceptors (Lipinski definition) is 4. The average molecular weight is 414 g/mol. The molecule has 1 saturated heterocycles. The zero-order valence-corrected chi connectivity index (χ0v) is 17.2. The van der Waals surface area contributed by atoms with Crippen LogP contribution in [0.15, 0.2) is 59.5 Å². The number of carbonyl (C=O) groups is 1. The molecule has 1 amide bonds. The van der Waals surface area contributed by atoms with Crippen LogP contribution < -0.4 is 10.2 Å². The fourth-order valence-electron chi connectivity index (χ4n) is 3.49. The fourth-order valence-corrected chi connectivity index (χ4v) is 5.08. The molecule has 7 nitrogen and oxygen atoms in total. The molecular formula is C21H25N4O3S+. The molecule has 152 valence electrons. The van der Waals surface area contributed by atoms with Gasteiger partial charge in [-0.15, -0.1) is 0 Å². The van der Waals surface area contributed by atoms with Gasteiger partial charge in [0.15, 0.2) is 6.04 Å². The monoisotopic (exact) mass is 413 g/mol. The number of amides is 1. The van der Waals surface area contributed by atoms with Crippen LogP contribution in [0.5, 0.6) is 0 Å². The number of nitrogens with zero attached hydrogens (tertiary/aromatic N) is 2. The lowest BCUT2D eigenvalue weighted by atomic mass is 10.2. The quantitative estimate of drug-likeness (QED) is 0.705. The summed E-state index contributed by atoms with van der Waals surface area (Å²) in [6.45, 7) is 4.04. The molecule has 1 fully saturated rings. The molecule has 0 radical (unpaired) electrons. The van der Waals surface area contributed by atoms with Gasteiger partial charge in [0.25, 0.3) is 5.91 Å². The van der Waals surface area contributed by atoms with Crippen molar-refractivity contribution in [1.82, 2.24) is 9.62 Å². The Morgan fingerprint density at radius 2 is 1.76 bits per heavy atom. The highest BCUT2D eigenvalue weighted by molar-refractivity contribution is 7.89. The van der Waals surface area contributed by atoms with E-state index >= 15 is 0 Å². The first-order valence-corrected chi connectivity index (χ1v) is 11.0. The van der Waals surface area contributed by atoms with E-state index in [0.29, 0.717) is 32.7 Å². The fraction of sp³-hybridized carbons (Fsp3) is 0.333. The van der Waals surface area contributed by atoms with Crippen molar-refractivity contribution in [2.45, 2.75) is 24.4 Å². The first-order chi connectivity index (χ1) is 13.9. The summed E-state index contributed by atoms with van der Waals surface area (Å²) >= 11 is 0. The van der Waals surface area contributed by atoms with Gasteiger partial charge in [0.2, 0.25) is 10.0 Å². The third-order valence-corrected chi connectivity index (χ3v) is 7.26. The molecule has 2 N–H and O–H groups in total. The summed E-state index contributed by atoms with van der Waals surface area (Å²) in [4.78, 5) is 13.6. The van der Waals surface area contributed by atoms with Crippen molar-refractivity contribution in [2.24, 2.45) is 0 Å². The molecule has 1 aliphatic rings. The van der Waals surface area contributed by atoms with E-state index in [4.69, 9.17) is 0 Å². The highest BCUT2D eigenvalue weighted by Crippen LogP contribution is 2.19. The van der Waals surface area contributed by atoms with E-state index in [1.807, 2.05) is 43.3 Å². The van der Waals surface area contributed by atoms with Crippen LogP contribution in [0.4, 0.5) is 0 Å². The van der Waals surface area contributed by atoms with Crippen LogP contribution in [0.25, 0.3) is 0 Å². The topological polar surface area (TPSA) is 94.7 Å². The van der Waals surface area contributed by atoms with Gasteiger partial charge < -0.3 is 10.2 Å². The van der Waals surface area contributed by atoms with Gasteiger partial charge in [0.05, 0.1) is 36.6 Å². The number of benzene rings is 2. The summed E-state index contributed by atoms with van der Waals surface area (Å²) in [5.74, 6) is -0.0463. The summed E-state index contributed by atoms with van der Waals surface area (Å²) in [5.41, 5.74) is 1.19. The molecule has 1 heterocycles. The molecule has 0 saturated carbocycles. The van der Waals surface area contributed by atoms with Crippen LogP contribution in [0.3, 0.4) is 0 Å². The zero-order chi connectivity index (χ0) is 20.9. The second kappa shape index (κ2) is 9.18. The molecule has 2 aromatic carbocycles.